The minimum absolute atomic E-state index is 0.382. The van der Waals surface area contributed by atoms with Gasteiger partial charge in [0.05, 0.1) is 0 Å². The molecule has 0 fully saturated rings. The highest BCUT2D eigenvalue weighted by molar-refractivity contribution is 5.47. The first kappa shape index (κ1) is 12.6. The number of hydrogen-bond donors (Lipinski definition) is 0. The van der Waals surface area contributed by atoms with Crippen LogP contribution < -0.4 is 0 Å². The zero-order valence-corrected chi connectivity index (χ0v) is 11.4. The van der Waals surface area contributed by atoms with E-state index in [4.69, 9.17) is 0 Å². The molecular weight excluding hydrogens is 216 g/mol. The molecule has 0 spiro atoms. The molecule has 0 aromatic carbocycles. The number of rotatable bonds is 0. The van der Waals surface area contributed by atoms with Crippen molar-refractivity contribution in [1.29, 1.82) is 0 Å². The molecule has 0 N–H and O–H groups in total. The van der Waals surface area contributed by atoms with Gasteiger partial charge in [0.25, 0.3) is 0 Å². The zero-order chi connectivity index (χ0) is 13.0. The van der Waals surface area contributed by atoms with Gasteiger partial charge in [-0.05, 0) is 31.9 Å². The molecule has 1 atom stereocenters. The van der Waals surface area contributed by atoms with Crippen molar-refractivity contribution < 1.29 is 0 Å². The summed E-state index contributed by atoms with van der Waals surface area (Å²) >= 11 is 0. The Bertz CT molecular complexity index is 528. The summed E-state index contributed by atoms with van der Waals surface area (Å²) in [7, 11) is 0. The van der Waals surface area contributed by atoms with Crippen molar-refractivity contribution in [2.75, 3.05) is 0 Å². The fraction of sp³-hybridized carbons (Fsp3) is 0.222. The van der Waals surface area contributed by atoms with Gasteiger partial charge in [0.2, 0.25) is 0 Å². The van der Waals surface area contributed by atoms with E-state index < -0.39 is 0 Å². The highest BCUT2D eigenvalue weighted by Gasteiger charge is 2.16. The molecule has 0 nitrogen and oxygen atoms in total. The fourth-order valence-corrected chi connectivity index (χ4v) is 2.30. The maximum Gasteiger partial charge on any atom is 0.0236 e. The normalized spacial score (nSPS) is 33.8. The highest BCUT2D eigenvalue weighted by atomic mass is 14.2. The molecule has 0 saturated carbocycles. The first-order chi connectivity index (χ1) is 8.70. The number of hydrogen-bond acceptors (Lipinski definition) is 0. The standard InChI is InChI=1S/C18H20/c1-14-10-6-4-7-11-15(2)17-12-8-5-9-13-18(17)16(14)3/h4-13,18H,1-3H3/b7-4+,10-6-,15-11+,16-14+. The van der Waals surface area contributed by atoms with Crippen LogP contribution in [0.5, 0.6) is 0 Å². The smallest absolute Gasteiger partial charge is 0.0236 e. The lowest BCUT2D eigenvalue weighted by molar-refractivity contribution is 0.888. The van der Waals surface area contributed by atoms with Crippen LogP contribution in [0.15, 0.2) is 83.1 Å². The molecule has 0 bridgehead atoms. The summed E-state index contributed by atoms with van der Waals surface area (Å²) in [6.07, 6.45) is 21.5. The molecule has 2 aliphatic rings. The van der Waals surface area contributed by atoms with E-state index in [9.17, 15) is 0 Å². The van der Waals surface area contributed by atoms with Crippen LogP contribution in [0.1, 0.15) is 20.8 Å². The van der Waals surface area contributed by atoms with Crippen molar-refractivity contribution in [2.24, 2.45) is 5.92 Å². The third-order valence-corrected chi connectivity index (χ3v) is 3.60. The van der Waals surface area contributed by atoms with Crippen molar-refractivity contribution in [1.82, 2.24) is 0 Å². The average molecular weight is 236 g/mol. The van der Waals surface area contributed by atoms with Crippen molar-refractivity contribution in [3.8, 4) is 0 Å². The molecule has 2 rings (SSSR count). The van der Waals surface area contributed by atoms with Gasteiger partial charge < -0.3 is 0 Å². The van der Waals surface area contributed by atoms with E-state index in [0.29, 0.717) is 5.92 Å². The topological polar surface area (TPSA) is 0 Å². The van der Waals surface area contributed by atoms with Gasteiger partial charge in [-0.3, -0.25) is 0 Å². The van der Waals surface area contributed by atoms with Crippen molar-refractivity contribution in [3.63, 3.8) is 0 Å². The van der Waals surface area contributed by atoms with Gasteiger partial charge in [0.15, 0.2) is 0 Å². The van der Waals surface area contributed by atoms with E-state index in [-0.39, 0.29) is 0 Å². The summed E-state index contributed by atoms with van der Waals surface area (Å²) in [6, 6.07) is 0. The van der Waals surface area contributed by atoms with Gasteiger partial charge >= 0.3 is 0 Å². The van der Waals surface area contributed by atoms with Crippen LogP contribution in [0.4, 0.5) is 0 Å². The van der Waals surface area contributed by atoms with E-state index in [0.717, 1.165) is 0 Å². The summed E-state index contributed by atoms with van der Waals surface area (Å²) in [5.74, 6) is 0.382. The van der Waals surface area contributed by atoms with Crippen molar-refractivity contribution >= 4 is 0 Å². The van der Waals surface area contributed by atoms with E-state index >= 15 is 0 Å². The fourth-order valence-electron chi connectivity index (χ4n) is 2.30. The van der Waals surface area contributed by atoms with Gasteiger partial charge in [0.1, 0.15) is 0 Å². The van der Waals surface area contributed by atoms with Crippen LogP contribution in [0.3, 0.4) is 0 Å². The van der Waals surface area contributed by atoms with Crippen molar-refractivity contribution in [3.05, 3.63) is 83.1 Å². The Morgan fingerprint density at radius 2 is 1.50 bits per heavy atom. The predicted molar refractivity (Wildman–Crippen MR) is 80.3 cm³/mol. The van der Waals surface area contributed by atoms with Crippen LogP contribution in [0, 0.1) is 5.92 Å². The first-order valence-corrected chi connectivity index (χ1v) is 6.44. The van der Waals surface area contributed by atoms with Crippen LogP contribution >= 0.6 is 0 Å². The Balaban J connectivity index is 2.58. The molecule has 0 aromatic heterocycles. The molecule has 92 valence electrons. The summed E-state index contributed by atoms with van der Waals surface area (Å²) < 4.78 is 0. The van der Waals surface area contributed by atoms with Gasteiger partial charge in [-0.25, -0.2) is 0 Å². The minimum Gasteiger partial charge on any atom is -0.0730 e. The van der Waals surface area contributed by atoms with E-state index in [1.165, 1.54) is 22.3 Å². The second-order valence-corrected chi connectivity index (χ2v) is 4.83. The second-order valence-electron chi connectivity index (χ2n) is 4.83. The largest absolute Gasteiger partial charge is 0.0730 e. The molecule has 18 heavy (non-hydrogen) atoms. The van der Waals surface area contributed by atoms with E-state index in [2.05, 4.69) is 81.5 Å². The van der Waals surface area contributed by atoms with Crippen LogP contribution in [-0.4, -0.2) is 0 Å². The summed E-state index contributed by atoms with van der Waals surface area (Å²) in [4.78, 5) is 0. The molecule has 0 heterocycles. The quantitative estimate of drug-likeness (QED) is 0.551. The molecule has 0 aromatic rings. The molecule has 0 aliphatic heterocycles. The van der Waals surface area contributed by atoms with Gasteiger partial charge in [-0.1, -0.05) is 71.9 Å². The summed E-state index contributed by atoms with van der Waals surface area (Å²) in [5, 5.41) is 0. The minimum atomic E-state index is 0.382. The molecular formula is C18H20. The zero-order valence-electron chi connectivity index (χ0n) is 11.4. The first-order valence-electron chi connectivity index (χ1n) is 6.44. The van der Waals surface area contributed by atoms with E-state index in [1.54, 1.807) is 0 Å². The van der Waals surface area contributed by atoms with Crippen molar-refractivity contribution in [2.45, 2.75) is 20.8 Å². The predicted octanol–water partition coefficient (Wildman–Crippen LogP) is 5.06. The summed E-state index contributed by atoms with van der Waals surface area (Å²) in [5.41, 5.74) is 5.48. The van der Waals surface area contributed by atoms with Gasteiger partial charge in [0, 0.05) is 5.92 Å². The van der Waals surface area contributed by atoms with Crippen LogP contribution in [0.25, 0.3) is 0 Å². The van der Waals surface area contributed by atoms with E-state index in [1.807, 2.05) is 0 Å². The molecule has 0 heteroatoms. The molecule has 0 saturated heterocycles. The van der Waals surface area contributed by atoms with Crippen LogP contribution in [0.2, 0.25) is 0 Å². The molecule has 2 aliphatic carbocycles. The molecule has 0 radical (unpaired) electrons. The third kappa shape index (κ3) is 2.70. The Kier molecular flexibility index (Phi) is 3.99. The van der Waals surface area contributed by atoms with Crippen LogP contribution in [-0.2, 0) is 0 Å². The molecule has 0 amide bonds. The lowest BCUT2D eigenvalue weighted by Gasteiger charge is -2.20. The Labute approximate surface area is 110 Å². The lowest BCUT2D eigenvalue weighted by atomic mass is 9.84. The Morgan fingerprint density at radius 1 is 0.778 bits per heavy atom. The summed E-state index contributed by atoms with van der Waals surface area (Å²) in [6.45, 7) is 6.60. The number of allylic oxidation sites excluding steroid dienone is 14. The maximum atomic E-state index is 2.28. The number of fused-ring (bicyclic) bond motifs is 1. The monoisotopic (exact) mass is 236 g/mol. The highest BCUT2D eigenvalue weighted by Crippen LogP contribution is 2.31. The molecule has 1 unspecified atom stereocenters. The maximum absolute atomic E-state index is 2.28. The Morgan fingerprint density at radius 3 is 2.33 bits per heavy atom. The van der Waals surface area contributed by atoms with Gasteiger partial charge in [-0.15, -0.1) is 0 Å². The van der Waals surface area contributed by atoms with Gasteiger partial charge in [-0.2, -0.15) is 0 Å². The Hall–Kier alpha value is -1.82. The lowest BCUT2D eigenvalue weighted by Crippen LogP contribution is -2.06. The average Bonchev–Trinajstić information content (AvgIpc) is 2.61. The third-order valence-electron chi connectivity index (χ3n) is 3.60. The second kappa shape index (κ2) is 5.68. The SMILES string of the molecule is C\C1=C/C=C/C=C\C(C)=C(/C)C2C=CC=CC=C12.